The van der Waals surface area contributed by atoms with Crippen LogP contribution in [0, 0.1) is 5.92 Å². The molecular formula is C18H28N2. The molecule has 1 heterocycles. The molecule has 1 saturated carbocycles. The molecule has 0 aromatic heterocycles. The Hall–Kier alpha value is -0.860. The minimum atomic E-state index is 0.782. The topological polar surface area (TPSA) is 15.3 Å². The molecule has 1 aromatic carbocycles. The van der Waals surface area contributed by atoms with Crippen molar-refractivity contribution in [3.63, 3.8) is 0 Å². The number of benzene rings is 1. The molecule has 3 rings (SSSR count). The molecule has 1 aliphatic carbocycles. The van der Waals surface area contributed by atoms with Crippen molar-refractivity contribution >= 4 is 0 Å². The van der Waals surface area contributed by atoms with Gasteiger partial charge in [0.15, 0.2) is 0 Å². The van der Waals surface area contributed by atoms with Crippen LogP contribution in [0.1, 0.15) is 38.2 Å². The maximum Gasteiger partial charge on any atom is 0.0102 e. The Morgan fingerprint density at radius 1 is 1.15 bits per heavy atom. The zero-order valence-electron chi connectivity index (χ0n) is 12.7. The first-order valence-electron chi connectivity index (χ1n) is 8.37. The Bertz CT molecular complexity index is 395. The van der Waals surface area contributed by atoms with Crippen LogP contribution in [0.15, 0.2) is 30.3 Å². The van der Waals surface area contributed by atoms with Crippen LogP contribution in [0.3, 0.4) is 0 Å². The van der Waals surface area contributed by atoms with Gasteiger partial charge in [-0.15, -0.1) is 0 Å². The number of piperidine rings is 1. The summed E-state index contributed by atoms with van der Waals surface area (Å²) in [6.45, 7) is 6.08. The molecule has 2 atom stereocenters. The highest BCUT2D eigenvalue weighted by Gasteiger charge is 2.36. The van der Waals surface area contributed by atoms with Gasteiger partial charge >= 0.3 is 0 Å². The van der Waals surface area contributed by atoms with Crippen LogP contribution in [-0.2, 0) is 6.42 Å². The van der Waals surface area contributed by atoms with Gasteiger partial charge in [-0.1, -0.05) is 43.7 Å². The van der Waals surface area contributed by atoms with Crippen molar-refractivity contribution in [2.75, 3.05) is 19.6 Å². The molecule has 0 amide bonds. The third-order valence-corrected chi connectivity index (χ3v) is 5.04. The van der Waals surface area contributed by atoms with E-state index in [1.807, 2.05) is 0 Å². The van der Waals surface area contributed by atoms with Gasteiger partial charge in [0.1, 0.15) is 0 Å². The summed E-state index contributed by atoms with van der Waals surface area (Å²) < 4.78 is 0. The van der Waals surface area contributed by atoms with Crippen molar-refractivity contribution in [1.29, 1.82) is 0 Å². The number of hydrogen-bond donors (Lipinski definition) is 1. The third-order valence-electron chi connectivity index (χ3n) is 5.04. The van der Waals surface area contributed by atoms with E-state index in [4.69, 9.17) is 0 Å². The lowest BCUT2D eigenvalue weighted by molar-refractivity contribution is 0.198. The summed E-state index contributed by atoms with van der Waals surface area (Å²) in [5.74, 6) is 0.978. The Morgan fingerprint density at radius 3 is 2.55 bits per heavy atom. The summed E-state index contributed by atoms with van der Waals surface area (Å²) >= 11 is 0. The maximum absolute atomic E-state index is 3.86. The van der Waals surface area contributed by atoms with Crippen LogP contribution < -0.4 is 5.32 Å². The van der Waals surface area contributed by atoms with Gasteiger partial charge in [-0.25, -0.2) is 0 Å². The Kier molecular flexibility index (Phi) is 4.74. The second-order valence-corrected chi connectivity index (χ2v) is 6.53. The molecule has 0 spiro atoms. The van der Waals surface area contributed by atoms with E-state index in [1.54, 1.807) is 0 Å². The van der Waals surface area contributed by atoms with Crippen LogP contribution in [0.2, 0.25) is 0 Å². The van der Waals surface area contributed by atoms with Crippen molar-refractivity contribution in [2.45, 2.75) is 51.1 Å². The first-order chi connectivity index (χ1) is 9.85. The molecule has 1 N–H and O–H groups in total. The summed E-state index contributed by atoms with van der Waals surface area (Å²) in [4.78, 5) is 2.63. The van der Waals surface area contributed by atoms with E-state index in [9.17, 15) is 0 Å². The smallest absolute Gasteiger partial charge is 0.0102 e. The Morgan fingerprint density at radius 2 is 1.90 bits per heavy atom. The molecule has 110 valence electrons. The highest BCUT2D eigenvalue weighted by molar-refractivity contribution is 5.14. The van der Waals surface area contributed by atoms with E-state index in [0.29, 0.717) is 0 Å². The van der Waals surface area contributed by atoms with Crippen molar-refractivity contribution < 1.29 is 0 Å². The van der Waals surface area contributed by atoms with Crippen LogP contribution >= 0.6 is 0 Å². The van der Waals surface area contributed by atoms with Gasteiger partial charge in [-0.3, -0.25) is 0 Å². The van der Waals surface area contributed by atoms with Gasteiger partial charge in [-0.05, 0) is 50.3 Å². The van der Waals surface area contributed by atoms with E-state index in [0.717, 1.165) is 18.0 Å². The average Bonchev–Trinajstić information content (AvgIpc) is 3.26. The Balaban J connectivity index is 1.34. The zero-order valence-corrected chi connectivity index (χ0v) is 12.7. The maximum atomic E-state index is 3.86. The summed E-state index contributed by atoms with van der Waals surface area (Å²) in [5, 5.41) is 3.86. The van der Waals surface area contributed by atoms with Crippen molar-refractivity contribution in [1.82, 2.24) is 10.2 Å². The van der Waals surface area contributed by atoms with Gasteiger partial charge in [0.05, 0.1) is 0 Å². The molecule has 1 saturated heterocycles. The van der Waals surface area contributed by atoms with Crippen molar-refractivity contribution in [2.24, 2.45) is 5.92 Å². The third kappa shape index (κ3) is 3.83. The normalized spacial score (nSPS) is 27.6. The quantitative estimate of drug-likeness (QED) is 0.856. The first kappa shape index (κ1) is 14.1. The number of nitrogens with one attached hydrogen (secondary N) is 1. The average molecular weight is 272 g/mol. The van der Waals surface area contributed by atoms with Crippen LogP contribution in [0.5, 0.6) is 0 Å². The highest BCUT2D eigenvalue weighted by Crippen LogP contribution is 2.34. The molecule has 0 radical (unpaired) electrons. The standard InChI is InChI=1S/C18H28N2/c1-2-16-14-18(16)19-17-9-12-20(13-10-17)11-8-15-6-4-3-5-7-15/h3-7,16-19H,2,8-14H2,1H3. The van der Waals surface area contributed by atoms with Gasteiger partial charge in [0, 0.05) is 18.6 Å². The lowest BCUT2D eigenvalue weighted by Crippen LogP contribution is -2.44. The monoisotopic (exact) mass is 272 g/mol. The fraction of sp³-hybridized carbons (Fsp3) is 0.667. The molecule has 1 aliphatic heterocycles. The molecule has 1 aromatic rings. The van der Waals surface area contributed by atoms with E-state index < -0.39 is 0 Å². The van der Waals surface area contributed by atoms with Crippen LogP contribution in [-0.4, -0.2) is 36.6 Å². The van der Waals surface area contributed by atoms with Gasteiger partial charge in [0.2, 0.25) is 0 Å². The van der Waals surface area contributed by atoms with E-state index >= 15 is 0 Å². The molecule has 2 unspecified atom stereocenters. The van der Waals surface area contributed by atoms with Gasteiger partial charge in [-0.2, -0.15) is 0 Å². The van der Waals surface area contributed by atoms with Crippen LogP contribution in [0.4, 0.5) is 0 Å². The summed E-state index contributed by atoms with van der Waals surface area (Å²) in [6.07, 6.45) is 6.64. The minimum Gasteiger partial charge on any atom is -0.311 e. The second kappa shape index (κ2) is 6.73. The summed E-state index contributed by atoms with van der Waals surface area (Å²) in [7, 11) is 0. The zero-order chi connectivity index (χ0) is 13.8. The summed E-state index contributed by atoms with van der Waals surface area (Å²) in [6, 6.07) is 12.5. The fourth-order valence-electron chi connectivity index (χ4n) is 3.46. The lowest BCUT2D eigenvalue weighted by atomic mass is 10.0. The molecule has 2 heteroatoms. The molecule has 20 heavy (non-hydrogen) atoms. The molecule has 2 nitrogen and oxygen atoms in total. The van der Waals surface area contributed by atoms with Crippen molar-refractivity contribution in [3.05, 3.63) is 35.9 Å². The highest BCUT2D eigenvalue weighted by atomic mass is 15.1. The van der Waals surface area contributed by atoms with Gasteiger partial charge in [0.25, 0.3) is 0 Å². The second-order valence-electron chi connectivity index (χ2n) is 6.53. The number of likely N-dealkylation sites (tertiary alicyclic amines) is 1. The predicted octanol–water partition coefficient (Wildman–Crippen LogP) is 3.08. The predicted molar refractivity (Wildman–Crippen MR) is 84.9 cm³/mol. The lowest BCUT2D eigenvalue weighted by Gasteiger charge is -2.32. The number of hydrogen-bond acceptors (Lipinski definition) is 2. The fourth-order valence-corrected chi connectivity index (χ4v) is 3.46. The Labute approximate surface area is 123 Å². The number of rotatable bonds is 6. The first-order valence-corrected chi connectivity index (χ1v) is 8.37. The molecule has 2 aliphatic rings. The molecular weight excluding hydrogens is 244 g/mol. The minimum absolute atomic E-state index is 0.782. The van der Waals surface area contributed by atoms with Gasteiger partial charge < -0.3 is 10.2 Å². The molecule has 0 bridgehead atoms. The van der Waals surface area contributed by atoms with Crippen molar-refractivity contribution in [3.8, 4) is 0 Å². The number of nitrogens with zero attached hydrogens (tertiary/aromatic N) is 1. The molecule has 2 fully saturated rings. The largest absolute Gasteiger partial charge is 0.311 e. The van der Waals surface area contributed by atoms with E-state index in [-0.39, 0.29) is 0 Å². The van der Waals surface area contributed by atoms with Crippen LogP contribution in [0.25, 0.3) is 0 Å². The van der Waals surface area contributed by atoms with E-state index in [1.165, 1.54) is 57.3 Å². The van der Waals surface area contributed by atoms with E-state index in [2.05, 4.69) is 47.5 Å². The SMILES string of the molecule is CCC1CC1NC1CCN(CCc2ccccc2)CC1. The summed E-state index contributed by atoms with van der Waals surface area (Å²) in [5.41, 5.74) is 1.47.